The molecule has 1 unspecified atom stereocenters. The lowest BCUT2D eigenvalue weighted by Crippen LogP contribution is -2.26. The number of hydrogen-bond acceptors (Lipinski definition) is 2. The Hall–Kier alpha value is -2.33. The lowest BCUT2D eigenvalue weighted by Gasteiger charge is -2.12. The summed E-state index contributed by atoms with van der Waals surface area (Å²) in [4.78, 5) is 24.0. The Morgan fingerprint density at radius 2 is 1.68 bits per heavy atom. The Morgan fingerprint density at radius 3 is 2.36 bits per heavy atom. The number of carbonyl (C=O) groups is 2. The molecule has 2 rings (SSSR count). The van der Waals surface area contributed by atoms with Gasteiger partial charge in [0, 0.05) is 6.54 Å². The molecule has 114 valence electrons. The molecule has 0 fully saturated rings. The van der Waals surface area contributed by atoms with E-state index in [1.54, 1.807) is 31.2 Å². The van der Waals surface area contributed by atoms with Crippen molar-refractivity contribution in [2.75, 3.05) is 5.32 Å². The molecule has 2 aromatic rings. The van der Waals surface area contributed by atoms with E-state index >= 15 is 0 Å². The topological polar surface area (TPSA) is 58.2 Å². The van der Waals surface area contributed by atoms with Gasteiger partial charge in [-0.05, 0) is 24.6 Å². The van der Waals surface area contributed by atoms with Crippen LogP contribution in [0.3, 0.4) is 0 Å². The first kappa shape index (κ1) is 16.0. The molecule has 2 N–H and O–H groups in total. The summed E-state index contributed by atoms with van der Waals surface area (Å²) in [6.07, 6.45) is 0. The monoisotopic (exact) mass is 316 g/mol. The normalized spacial score (nSPS) is 11.5. The quantitative estimate of drug-likeness (QED) is 0.832. The molecular formula is C17H17ClN2O2. The molecule has 1 atom stereocenters. The van der Waals surface area contributed by atoms with Crippen LogP contribution in [-0.2, 0) is 11.3 Å². The van der Waals surface area contributed by atoms with Crippen molar-refractivity contribution in [3.05, 3.63) is 65.7 Å². The minimum atomic E-state index is -0.666. The number of carbonyl (C=O) groups excluding carboxylic acids is 2. The zero-order valence-electron chi connectivity index (χ0n) is 12.2. The average molecular weight is 317 g/mol. The van der Waals surface area contributed by atoms with Gasteiger partial charge in [0.1, 0.15) is 5.38 Å². The highest BCUT2D eigenvalue weighted by Gasteiger charge is 2.15. The van der Waals surface area contributed by atoms with Gasteiger partial charge in [-0.3, -0.25) is 9.59 Å². The van der Waals surface area contributed by atoms with Gasteiger partial charge in [-0.2, -0.15) is 0 Å². The van der Waals surface area contributed by atoms with Gasteiger partial charge in [0.05, 0.1) is 11.3 Å². The van der Waals surface area contributed by atoms with Gasteiger partial charge in [-0.25, -0.2) is 0 Å². The third kappa shape index (κ3) is 4.33. The van der Waals surface area contributed by atoms with Crippen molar-refractivity contribution in [1.82, 2.24) is 5.32 Å². The van der Waals surface area contributed by atoms with E-state index in [1.807, 2.05) is 30.3 Å². The van der Waals surface area contributed by atoms with Gasteiger partial charge in [-0.15, -0.1) is 11.6 Å². The first-order valence-electron chi connectivity index (χ1n) is 6.94. The van der Waals surface area contributed by atoms with E-state index in [4.69, 9.17) is 11.6 Å². The molecular weight excluding hydrogens is 300 g/mol. The maximum atomic E-state index is 12.3. The van der Waals surface area contributed by atoms with Crippen LogP contribution in [0.15, 0.2) is 54.6 Å². The molecule has 0 aliphatic heterocycles. The highest BCUT2D eigenvalue weighted by molar-refractivity contribution is 6.32. The van der Waals surface area contributed by atoms with Crippen molar-refractivity contribution in [3.63, 3.8) is 0 Å². The molecule has 22 heavy (non-hydrogen) atoms. The largest absolute Gasteiger partial charge is 0.348 e. The number of hydrogen-bond donors (Lipinski definition) is 2. The number of rotatable bonds is 5. The summed E-state index contributed by atoms with van der Waals surface area (Å²) in [7, 11) is 0. The van der Waals surface area contributed by atoms with Crippen LogP contribution in [0.25, 0.3) is 0 Å². The van der Waals surface area contributed by atoms with Crippen molar-refractivity contribution in [1.29, 1.82) is 0 Å². The lowest BCUT2D eigenvalue weighted by molar-refractivity contribution is -0.115. The first-order chi connectivity index (χ1) is 10.6. The summed E-state index contributed by atoms with van der Waals surface area (Å²) in [6, 6.07) is 16.5. The van der Waals surface area contributed by atoms with Crippen LogP contribution in [0.2, 0.25) is 0 Å². The molecule has 0 heterocycles. The van der Waals surface area contributed by atoms with Gasteiger partial charge in [0.15, 0.2) is 0 Å². The first-order valence-corrected chi connectivity index (χ1v) is 7.37. The molecule has 2 aromatic carbocycles. The molecule has 0 saturated carbocycles. The van der Waals surface area contributed by atoms with E-state index < -0.39 is 5.38 Å². The van der Waals surface area contributed by atoms with Crippen LogP contribution in [0.4, 0.5) is 5.69 Å². The fourth-order valence-corrected chi connectivity index (χ4v) is 1.95. The summed E-state index contributed by atoms with van der Waals surface area (Å²) in [5.41, 5.74) is 1.86. The van der Waals surface area contributed by atoms with E-state index in [9.17, 15) is 9.59 Å². The number of halogens is 1. The molecule has 0 spiro atoms. The standard InChI is InChI=1S/C17H17ClN2O2/c1-12(18)16(21)20-15-10-6-5-9-14(15)17(22)19-11-13-7-3-2-4-8-13/h2-10,12H,11H2,1H3,(H,19,22)(H,20,21). The highest BCUT2D eigenvalue weighted by Crippen LogP contribution is 2.16. The van der Waals surface area contributed by atoms with Crippen molar-refractivity contribution < 1.29 is 9.59 Å². The van der Waals surface area contributed by atoms with Crippen molar-refractivity contribution >= 4 is 29.1 Å². The summed E-state index contributed by atoms with van der Waals surface area (Å²) < 4.78 is 0. The molecule has 0 aromatic heterocycles. The van der Waals surface area contributed by atoms with E-state index in [-0.39, 0.29) is 11.8 Å². The molecule has 0 saturated heterocycles. The van der Waals surface area contributed by atoms with Gasteiger partial charge in [0.2, 0.25) is 5.91 Å². The summed E-state index contributed by atoms with van der Waals surface area (Å²) >= 11 is 5.74. The van der Waals surface area contributed by atoms with Crippen LogP contribution in [0.5, 0.6) is 0 Å². The highest BCUT2D eigenvalue weighted by atomic mass is 35.5. The number of alkyl halides is 1. The second-order valence-corrected chi connectivity index (χ2v) is 5.47. The third-order valence-electron chi connectivity index (χ3n) is 3.09. The van der Waals surface area contributed by atoms with E-state index in [2.05, 4.69) is 10.6 Å². The van der Waals surface area contributed by atoms with Crippen LogP contribution in [0.1, 0.15) is 22.8 Å². The summed E-state index contributed by atoms with van der Waals surface area (Å²) in [5.74, 6) is -0.591. The van der Waals surface area contributed by atoms with Gasteiger partial charge < -0.3 is 10.6 Å². The van der Waals surface area contributed by atoms with E-state index in [0.29, 0.717) is 17.8 Å². The van der Waals surface area contributed by atoms with Crippen molar-refractivity contribution in [3.8, 4) is 0 Å². The smallest absolute Gasteiger partial charge is 0.253 e. The Morgan fingerprint density at radius 1 is 1.05 bits per heavy atom. The average Bonchev–Trinajstić information content (AvgIpc) is 2.54. The zero-order chi connectivity index (χ0) is 15.9. The van der Waals surface area contributed by atoms with E-state index in [1.165, 1.54) is 0 Å². The maximum Gasteiger partial charge on any atom is 0.253 e. The minimum absolute atomic E-state index is 0.248. The SMILES string of the molecule is CC(Cl)C(=O)Nc1ccccc1C(=O)NCc1ccccc1. The van der Waals surface area contributed by atoms with Crippen molar-refractivity contribution in [2.24, 2.45) is 0 Å². The Labute approximate surface area is 134 Å². The predicted molar refractivity (Wildman–Crippen MR) is 88.0 cm³/mol. The number of benzene rings is 2. The fraction of sp³-hybridized carbons (Fsp3) is 0.176. The Balaban J connectivity index is 2.07. The molecule has 0 radical (unpaired) electrons. The summed E-state index contributed by atoms with van der Waals surface area (Å²) in [5, 5.41) is 4.83. The predicted octanol–water partition coefficient (Wildman–Crippen LogP) is 3.18. The van der Waals surface area contributed by atoms with Gasteiger partial charge >= 0.3 is 0 Å². The van der Waals surface area contributed by atoms with Crippen LogP contribution >= 0.6 is 11.6 Å². The maximum absolute atomic E-state index is 12.3. The number of anilines is 1. The Kier molecular flexibility index (Phi) is 5.55. The molecule has 0 aliphatic carbocycles. The lowest BCUT2D eigenvalue weighted by atomic mass is 10.1. The fourth-order valence-electron chi connectivity index (χ4n) is 1.90. The zero-order valence-corrected chi connectivity index (χ0v) is 12.9. The van der Waals surface area contributed by atoms with Gasteiger partial charge in [-0.1, -0.05) is 42.5 Å². The van der Waals surface area contributed by atoms with Crippen molar-refractivity contribution in [2.45, 2.75) is 18.8 Å². The number of amides is 2. The second-order valence-electron chi connectivity index (χ2n) is 4.82. The number of para-hydroxylation sites is 1. The third-order valence-corrected chi connectivity index (χ3v) is 3.28. The molecule has 5 heteroatoms. The van der Waals surface area contributed by atoms with Crippen LogP contribution < -0.4 is 10.6 Å². The second kappa shape index (κ2) is 7.61. The van der Waals surface area contributed by atoms with Crippen LogP contribution in [0, 0.1) is 0 Å². The Bertz CT molecular complexity index is 657. The number of nitrogens with one attached hydrogen (secondary N) is 2. The summed E-state index contributed by atoms with van der Waals surface area (Å²) in [6.45, 7) is 2.00. The molecule has 2 amide bonds. The molecule has 4 nitrogen and oxygen atoms in total. The minimum Gasteiger partial charge on any atom is -0.348 e. The molecule has 0 aliphatic rings. The van der Waals surface area contributed by atoms with Gasteiger partial charge in [0.25, 0.3) is 5.91 Å². The van der Waals surface area contributed by atoms with E-state index in [0.717, 1.165) is 5.56 Å². The van der Waals surface area contributed by atoms with Crippen LogP contribution in [-0.4, -0.2) is 17.2 Å². The molecule has 0 bridgehead atoms.